The van der Waals surface area contributed by atoms with Crippen LogP contribution >= 0.6 is 11.8 Å². The maximum atomic E-state index is 14.2. The second-order valence-corrected chi connectivity index (χ2v) is 14.3. The zero-order chi connectivity index (χ0) is 34.3. The lowest BCUT2D eigenvalue weighted by Gasteiger charge is -2.29. The number of hydrogen-bond acceptors (Lipinski definition) is 7. The minimum absolute atomic E-state index is 0.0933. The molecule has 1 aliphatic heterocycles. The molecule has 6 rings (SSSR count). The minimum Gasteiger partial charge on any atom is -0.277 e. The van der Waals surface area contributed by atoms with Gasteiger partial charge >= 0.3 is 5.69 Å². The normalized spacial score (nSPS) is 18.8. The predicted molar refractivity (Wildman–Crippen MR) is 184 cm³/mol. The van der Waals surface area contributed by atoms with E-state index in [1.54, 1.807) is 24.3 Å². The van der Waals surface area contributed by atoms with Crippen LogP contribution in [-0.2, 0) is 23.8 Å². The summed E-state index contributed by atoms with van der Waals surface area (Å²) in [6.07, 6.45) is 5.06. The lowest BCUT2D eigenvalue weighted by molar-refractivity contribution is -0.130. The molecule has 9 nitrogen and oxygen atoms in total. The van der Waals surface area contributed by atoms with Crippen molar-refractivity contribution in [3.05, 3.63) is 104 Å². The molecule has 4 aromatic rings. The molecule has 0 radical (unpaired) electrons. The van der Waals surface area contributed by atoms with Crippen LogP contribution in [0.4, 0.5) is 8.78 Å². The summed E-state index contributed by atoms with van der Waals surface area (Å²) in [6, 6.07) is 11.9. The number of hydrazone groups is 1. The maximum Gasteiger partial charge on any atom is 0.332 e. The first-order chi connectivity index (χ1) is 22.9. The molecular formula is C36H38F2N6O3S. The zero-order valence-corrected chi connectivity index (χ0v) is 28.5. The summed E-state index contributed by atoms with van der Waals surface area (Å²) in [6.45, 7) is 8.15. The number of rotatable bonds is 7. The van der Waals surface area contributed by atoms with E-state index in [9.17, 15) is 23.2 Å². The SMILES string of the molecule is CCCn1c(=O)n(C)c(=O)c2c(SCC(=O)N3N=C4/C(=C/c5ccc(F)cc5)CCCC4C3c3ccc(F)cc3)nc(C(C)(C)C)nc21. The lowest BCUT2D eigenvalue weighted by Crippen LogP contribution is -2.39. The molecule has 0 bridgehead atoms. The van der Waals surface area contributed by atoms with E-state index >= 15 is 0 Å². The van der Waals surface area contributed by atoms with E-state index in [1.165, 1.54) is 40.9 Å². The van der Waals surface area contributed by atoms with Gasteiger partial charge in [-0.2, -0.15) is 5.10 Å². The Bertz CT molecular complexity index is 2060. The summed E-state index contributed by atoms with van der Waals surface area (Å²) < 4.78 is 30.2. The Balaban J connectivity index is 1.41. The van der Waals surface area contributed by atoms with Gasteiger partial charge in [0.25, 0.3) is 11.5 Å². The quantitative estimate of drug-likeness (QED) is 0.167. The van der Waals surface area contributed by atoms with Gasteiger partial charge in [-0.1, -0.05) is 63.7 Å². The van der Waals surface area contributed by atoms with Crippen molar-refractivity contribution >= 4 is 40.5 Å². The highest BCUT2D eigenvalue weighted by molar-refractivity contribution is 8.00. The molecular weight excluding hydrogens is 634 g/mol. The van der Waals surface area contributed by atoms with Gasteiger partial charge in [0.15, 0.2) is 5.65 Å². The highest BCUT2D eigenvalue weighted by atomic mass is 32.2. The predicted octanol–water partition coefficient (Wildman–Crippen LogP) is 6.39. The summed E-state index contributed by atoms with van der Waals surface area (Å²) in [4.78, 5) is 50.3. The standard InChI is InChI=1S/C36H38F2N6O3S/c1-6-18-43-31-28(33(46)42(5)35(43)47)32(40-34(39-31)36(2,3)4)48-20-27(45)44-30(22-12-16-25(38)17-13-22)26-9-7-8-23(29(26)41-44)19-21-10-14-24(37)15-11-21/h10-17,19,26,30H,6-9,18,20H2,1-5H3/b23-19+. The van der Waals surface area contributed by atoms with E-state index in [1.807, 2.05) is 33.8 Å². The largest absolute Gasteiger partial charge is 0.332 e. The number of allylic oxidation sites excluding steroid dienone is 1. The van der Waals surface area contributed by atoms with Crippen LogP contribution in [0.5, 0.6) is 0 Å². The number of fused-ring (bicyclic) bond motifs is 2. The van der Waals surface area contributed by atoms with Crippen LogP contribution in [-0.4, -0.2) is 41.5 Å². The summed E-state index contributed by atoms with van der Waals surface area (Å²) in [5, 5.41) is 6.91. The first-order valence-corrected chi connectivity index (χ1v) is 17.1. The zero-order valence-electron chi connectivity index (χ0n) is 27.7. The van der Waals surface area contributed by atoms with Gasteiger partial charge in [-0.25, -0.2) is 28.6 Å². The first-order valence-electron chi connectivity index (χ1n) is 16.1. The second-order valence-electron chi connectivity index (χ2n) is 13.3. The van der Waals surface area contributed by atoms with Crippen LogP contribution in [0.25, 0.3) is 17.1 Å². The molecule has 12 heteroatoms. The van der Waals surface area contributed by atoms with Crippen LogP contribution in [0.1, 0.15) is 76.4 Å². The Morgan fingerprint density at radius 2 is 1.69 bits per heavy atom. The Morgan fingerprint density at radius 1 is 1.02 bits per heavy atom. The molecule has 0 saturated heterocycles. The number of nitrogens with zero attached hydrogens (tertiary/aromatic N) is 6. The Labute approximate surface area is 281 Å². The molecule has 1 saturated carbocycles. The van der Waals surface area contributed by atoms with E-state index in [4.69, 9.17) is 15.1 Å². The Morgan fingerprint density at radius 3 is 2.33 bits per heavy atom. The van der Waals surface area contributed by atoms with Crippen LogP contribution in [0, 0.1) is 17.6 Å². The van der Waals surface area contributed by atoms with Crippen LogP contribution in [0.15, 0.2) is 73.8 Å². The molecule has 1 aliphatic carbocycles. The fourth-order valence-corrected chi connectivity index (χ4v) is 7.23. The summed E-state index contributed by atoms with van der Waals surface area (Å²) in [7, 11) is 1.43. The van der Waals surface area contributed by atoms with Gasteiger partial charge in [-0.3, -0.25) is 18.7 Å². The molecule has 48 heavy (non-hydrogen) atoms. The van der Waals surface area contributed by atoms with E-state index in [2.05, 4.69) is 0 Å². The molecule has 1 amide bonds. The van der Waals surface area contributed by atoms with Gasteiger partial charge in [0.05, 0.1) is 17.5 Å². The highest BCUT2D eigenvalue weighted by Crippen LogP contribution is 2.45. The third kappa shape index (κ3) is 6.37. The fraction of sp³-hybridized carbons (Fsp3) is 0.389. The number of benzene rings is 2. The molecule has 2 unspecified atom stereocenters. The Hall–Kier alpha value is -4.45. The molecule has 2 aliphatic rings. The monoisotopic (exact) mass is 672 g/mol. The number of carbonyl (C=O) groups is 1. The van der Waals surface area contributed by atoms with E-state index in [-0.39, 0.29) is 40.2 Å². The number of aryl methyl sites for hydroxylation is 1. The topological polar surface area (TPSA) is 102 Å². The van der Waals surface area contributed by atoms with Crippen LogP contribution in [0.2, 0.25) is 0 Å². The third-order valence-corrected chi connectivity index (χ3v) is 9.74. The van der Waals surface area contributed by atoms with Crippen molar-refractivity contribution in [2.24, 2.45) is 18.1 Å². The van der Waals surface area contributed by atoms with Crippen LogP contribution < -0.4 is 11.2 Å². The highest BCUT2D eigenvalue weighted by Gasteiger charge is 2.43. The summed E-state index contributed by atoms with van der Waals surface area (Å²) in [5.74, 6) is -0.757. The summed E-state index contributed by atoms with van der Waals surface area (Å²) >= 11 is 1.12. The molecule has 0 spiro atoms. The van der Waals surface area contributed by atoms with Crippen molar-refractivity contribution in [2.75, 3.05) is 5.75 Å². The Kier molecular flexibility index (Phi) is 9.21. The number of halogens is 2. The smallest absolute Gasteiger partial charge is 0.277 e. The van der Waals surface area contributed by atoms with Crippen molar-refractivity contribution in [3.8, 4) is 0 Å². The molecule has 3 heterocycles. The number of hydrogen-bond donors (Lipinski definition) is 0. The number of carbonyl (C=O) groups excluding carboxylic acids is 1. The molecule has 2 aromatic heterocycles. The maximum absolute atomic E-state index is 14.2. The molecule has 0 N–H and O–H groups in total. The van der Waals surface area contributed by atoms with Crippen molar-refractivity contribution in [1.29, 1.82) is 0 Å². The van der Waals surface area contributed by atoms with Crippen molar-refractivity contribution < 1.29 is 13.6 Å². The second kappa shape index (κ2) is 13.2. The number of thioether (sulfide) groups is 1. The van der Waals surface area contributed by atoms with Gasteiger partial charge in [0, 0.05) is 24.9 Å². The van der Waals surface area contributed by atoms with Gasteiger partial charge in [0.1, 0.15) is 27.9 Å². The van der Waals surface area contributed by atoms with E-state index < -0.39 is 22.7 Å². The van der Waals surface area contributed by atoms with E-state index in [0.29, 0.717) is 23.8 Å². The van der Waals surface area contributed by atoms with Crippen molar-refractivity contribution in [1.82, 2.24) is 24.1 Å². The van der Waals surface area contributed by atoms with Gasteiger partial charge in [-0.05, 0) is 72.7 Å². The van der Waals surface area contributed by atoms with Gasteiger partial charge in [0.2, 0.25) is 0 Å². The van der Waals surface area contributed by atoms with Crippen molar-refractivity contribution in [2.45, 2.75) is 76.4 Å². The number of aromatic nitrogens is 4. The third-order valence-electron chi connectivity index (χ3n) is 8.78. The average molecular weight is 673 g/mol. The fourth-order valence-electron chi connectivity index (χ4n) is 6.36. The van der Waals surface area contributed by atoms with Crippen LogP contribution in [0.3, 0.4) is 0 Å². The molecule has 2 aromatic carbocycles. The van der Waals surface area contributed by atoms with Gasteiger partial charge in [-0.15, -0.1) is 0 Å². The van der Waals surface area contributed by atoms with Gasteiger partial charge < -0.3 is 0 Å². The lowest BCUT2D eigenvalue weighted by atomic mass is 9.77. The molecule has 2 atom stereocenters. The molecule has 250 valence electrons. The summed E-state index contributed by atoms with van der Waals surface area (Å²) in [5.41, 5.74) is 2.14. The molecule has 1 fully saturated rings. The van der Waals surface area contributed by atoms with Crippen molar-refractivity contribution in [3.63, 3.8) is 0 Å². The first kappa shape index (κ1) is 33.5. The number of amides is 1. The van der Waals surface area contributed by atoms with E-state index in [0.717, 1.165) is 58.0 Å². The average Bonchev–Trinajstić information content (AvgIpc) is 3.46. The minimum atomic E-state index is -0.523.